The van der Waals surface area contributed by atoms with Gasteiger partial charge in [-0.15, -0.1) is 0 Å². The van der Waals surface area contributed by atoms with Gasteiger partial charge in [0.1, 0.15) is 6.10 Å². The maximum Gasteiger partial charge on any atom is 0.309 e. The van der Waals surface area contributed by atoms with Gasteiger partial charge in [0.25, 0.3) is 0 Å². The van der Waals surface area contributed by atoms with Gasteiger partial charge < -0.3 is 24.7 Å². The number of hydrogen-bond donors (Lipinski definition) is 2. The van der Waals surface area contributed by atoms with Gasteiger partial charge in [-0.1, -0.05) is 62.3 Å². The van der Waals surface area contributed by atoms with E-state index in [9.17, 15) is 19.8 Å². The minimum absolute atomic E-state index is 0.0981. The Morgan fingerprint density at radius 1 is 0.661 bits per heavy atom. The Morgan fingerprint density at radius 2 is 1.32 bits per heavy atom. The summed E-state index contributed by atoms with van der Waals surface area (Å²) in [7, 11) is 0. The largest absolute Gasteiger partial charge is 0.481 e. The molecular formula is C51H82N2O6. The molecule has 0 bridgehead atoms. The van der Waals surface area contributed by atoms with Crippen LogP contribution in [0.5, 0.6) is 0 Å². The van der Waals surface area contributed by atoms with Crippen molar-refractivity contribution in [2.24, 2.45) is 84.7 Å². The quantitative estimate of drug-likeness (QED) is 0.235. The number of ether oxygens (including phenoxy) is 1. The van der Waals surface area contributed by atoms with Crippen LogP contribution in [0.1, 0.15) is 171 Å². The number of carbonyl (C=O) groups excluding carboxylic acids is 2. The molecule has 0 aromatic heterocycles. The SMILES string of the molecule is CC1([C@@H]2CC[C@]3(C(=O)N4CCC[C@H]4CN4CCC(CO)CC4)CC[C@]4(C)[C@H](CC[C@@]5(C)[C@@]4(C)CC[C@H]4C(C)(C)[C@@H](OC(=O)[C@H]6C[C@@H](C(=O)O)C6(C)C)CC[C@@]45C)[C@@H]23)CC1. The lowest BCUT2D eigenvalue weighted by Gasteiger charge is -2.77. The number of esters is 1. The molecule has 332 valence electrons. The zero-order valence-electron chi connectivity index (χ0n) is 38.7. The second-order valence-electron chi connectivity index (χ2n) is 25.2. The molecule has 8 nitrogen and oxygen atoms in total. The third-order valence-electron chi connectivity index (χ3n) is 22.9. The van der Waals surface area contributed by atoms with Crippen LogP contribution in [0.3, 0.4) is 0 Å². The number of amides is 1. The highest BCUT2D eigenvalue weighted by Crippen LogP contribution is 2.82. The molecule has 2 N–H and O–H groups in total. The lowest BCUT2D eigenvalue weighted by molar-refractivity contribution is -0.293. The summed E-state index contributed by atoms with van der Waals surface area (Å²) in [4.78, 5) is 46.3. The highest BCUT2D eigenvalue weighted by Gasteiger charge is 2.77. The summed E-state index contributed by atoms with van der Waals surface area (Å²) in [6.07, 6.45) is 18.5. The van der Waals surface area contributed by atoms with Crippen LogP contribution in [0.4, 0.5) is 0 Å². The van der Waals surface area contributed by atoms with Gasteiger partial charge in [-0.05, 0) is 184 Å². The maximum absolute atomic E-state index is 15.6. The zero-order valence-corrected chi connectivity index (χ0v) is 38.7. The average Bonchev–Trinajstić information content (AvgIpc) is 3.55. The molecule has 0 radical (unpaired) electrons. The highest BCUT2D eigenvalue weighted by molar-refractivity contribution is 5.84. The van der Waals surface area contributed by atoms with Crippen LogP contribution in [0.2, 0.25) is 0 Å². The van der Waals surface area contributed by atoms with Gasteiger partial charge in [-0.2, -0.15) is 0 Å². The van der Waals surface area contributed by atoms with E-state index in [1.165, 1.54) is 38.5 Å². The summed E-state index contributed by atoms with van der Waals surface area (Å²) in [5, 5.41) is 19.5. The zero-order chi connectivity index (χ0) is 42.3. The molecule has 9 fully saturated rings. The molecule has 1 amide bonds. The highest BCUT2D eigenvalue weighted by atomic mass is 16.5. The number of carboxylic acid groups (broad SMARTS) is 1. The summed E-state index contributed by atoms with van der Waals surface area (Å²) in [5.41, 5.74) is -0.0892. The van der Waals surface area contributed by atoms with Crippen LogP contribution in [-0.2, 0) is 19.1 Å². The number of fused-ring (bicyclic) bond motifs is 7. The minimum Gasteiger partial charge on any atom is -0.481 e. The number of aliphatic hydroxyl groups excluding tert-OH is 1. The second-order valence-corrected chi connectivity index (χ2v) is 25.2. The summed E-state index contributed by atoms with van der Waals surface area (Å²) in [5.74, 6) is 1.23. The molecule has 0 aromatic carbocycles. The van der Waals surface area contributed by atoms with Crippen molar-refractivity contribution in [2.75, 3.05) is 32.8 Å². The van der Waals surface area contributed by atoms with Crippen LogP contribution < -0.4 is 0 Å². The second kappa shape index (κ2) is 13.9. The van der Waals surface area contributed by atoms with E-state index in [4.69, 9.17) is 4.74 Å². The fourth-order valence-electron chi connectivity index (χ4n) is 18.1. The van der Waals surface area contributed by atoms with E-state index in [2.05, 4.69) is 58.3 Å². The first-order valence-corrected chi connectivity index (χ1v) is 24.7. The molecule has 7 saturated carbocycles. The summed E-state index contributed by atoms with van der Waals surface area (Å²) < 4.78 is 6.52. The molecule has 9 aliphatic rings. The Bertz CT molecular complexity index is 1700. The van der Waals surface area contributed by atoms with Crippen molar-refractivity contribution in [3.63, 3.8) is 0 Å². The normalized spacial score (nSPS) is 48.5. The fraction of sp³-hybridized carbons (Fsp3) is 0.941. The van der Waals surface area contributed by atoms with Gasteiger partial charge in [0.05, 0.1) is 17.3 Å². The van der Waals surface area contributed by atoms with E-state index in [0.717, 1.165) is 90.4 Å². The van der Waals surface area contributed by atoms with Crippen molar-refractivity contribution in [2.45, 2.75) is 184 Å². The van der Waals surface area contributed by atoms with Crippen LogP contribution in [0.15, 0.2) is 0 Å². The Balaban J connectivity index is 0.972. The third kappa shape index (κ3) is 5.80. The Morgan fingerprint density at radius 3 is 1.97 bits per heavy atom. The summed E-state index contributed by atoms with van der Waals surface area (Å²) in [6.45, 7) is 26.2. The molecule has 7 aliphatic carbocycles. The lowest BCUT2D eigenvalue weighted by Crippen LogP contribution is -2.71. The molecule has 0 aromatic rings. The first kappa shape index (κ1) is 42.6. The van der Waals surface area contributed by atoms with Crippen LogP contribution in [0, 0.1) is 84.7 Å². The van der Waals surface area contributed by atoms with Crippen LogP contribution >= 0.6 is 0 Å². The smallest absolute Gasteiger partial charge is 0.309 e. The number of carboxylic acids is 1. The molecule has 9 rings (SSSR count). The number of likely N-dealkylation sites (tertiary alicyclic amines) is 2. The standard InChI is InChI=1S/C51H82N2O6/c1-44(2)36(41(55)56)29-37(44)42(57)59-39-15-18-48(7)38(45(39,3)4)14-20-49(8)47(6)24-25-51(21-13-34(46(5)22-23-46)40(51)35(47)12-19-50(48,49)9)43(58)53-26-10-11-33(53)30-52-27-16-32(31-54)17-28-52/h32-40,54H,10-31H2,1-9H3,(H,55,56)/t33-,34+,35+,36-,37+,38-,39-,40+,47+,48-,49-,50+,51-/m0/s1. The number of piperidine rings is 1. The molecule has 2 aliphatic heterocycles. The molecule has 0 unspecified atom stereocenters. The van der Waals surface area contributed by atoms with Gasteiger partial charge in [0.15, 0.2) is 0 Å². The van der Waals surface area contributed by atoms with Crippen molar-refractivity contribution in [3.8, 4) is 0 Å². The van der Waals surface area contributed by atoms with Crippen molar-refractivity contribution in [1.29, 1.82) is 0 Å². The first-order valence-electron chi connectivity index (χ1n) is 24.7. The average molecular weight is 819 g/mol. The monoisotopic (exact) mass is 819 g/mol. The van der Waals surface area contributed by atoms with Gasteiger partial charge in [0.2, 0.25) is 5.91 Å². The number of hydrogen-bond acceptors (Lipinski definition) is 6. The van der Waals surface area contributed by atoms with E-state index in [1.807, 2.05) is 13.8 Å². The van der Waals surface area contributed by atoms with Crippen molar-refractivity contribution in [3.05, 3.63) is 0 Å². The predicted octanol–water partition coefficient (Wildman–Crippen LogP) is 9.61. The number of aliphatic carboxylic acids is 1. The molecule has 13 atom stereocenters. The van der Waals surface area contributed by atoms with Crippen LogP contribution in [-0.4, -0.2) is 82.8 Å². The Labute approximate surface area is 357 Å². The molecule has 2 saturated heterocycles. The summed E-state index contributed by atoms with van der Waals surface area (Å²) in [6, 6.07) is 0.328. The van der Waals surface area contributed by atoms with Gasteiger partial charge >= 0.3 is 11.9 Å². The van der Waals surface area contributed by atoms with E-state index >= 15 is 4.79 Å². The minimum atomic E-state index is -0.808. The number of nitrogens with zero attached hydrogens (tertiary/aromatic N) is 2. The van der Waals surface area contributed by atoms with Crippen molar-refractivity contribution < 1.29 is 29.3 Å². The molecule has 8 heteroatoms. The van der Waals surface area contributed by atoms with Gasteiger partial charge in [-0.3, -0.25) is 14.4 Å². The van der Waals surface area contributed by atoms with E-state index in [-0.39, 0.29) is 50.5 Å². The van der Waals surface area contributed by atoms with Crippen molar-refractivity contribution >= 4 is 17.8 Å². The van der Waals surface area contributed by atoms with Crippen molar-refractivity contribution in [1.82, 2.24) is 9.80 Å². The number of carbonyl (C=O) groups is 3. The summed E-state index contributed by atoms with van der Waals surface area (Å²) >= 11 is 0. The molecule has 0 spiro atoms. The van der Waals surface area contributed by atoms with Gasteiger partial charge in [0, 0.05) is 31.2 Å². The third-order valence-corrected chi connectivity index (χ3v) is 22.9. The maximum atomic E-state index is 15.6. The Hall–Kier alpha value is -1.67. The fourth-order valence-corrected chi connectivity index (χ4v) is 18.1. The Kier molecular flexibility index (Phi) is 10.1. The first-order chi connectivity index (χ1) is 27.6. The predicted molar refractivity (Wildman–Crippen MR) is 230 cm³/mol. The number of aliphatic hydroxyl groups is 1. The number of rotatable bonds is 8. The van der Waals surface area contributed by atoms with E-state index in [0.29, 0.717) is 60.0 Å². The lowest BCUT2D eigenvalue weighted by atomic mass is 9.27. The van der Waals surface area contributed by atoms with E-state index < -0.39 is 17.3 Å². The van der Waals surface area contributed by atoms with Gasteiger partial charge in [-0.25, -0.2) is 0 Å². The topological polar surface area (TPSA) is 107 Å². The van der Waals surface area contributed by atoms with Crippen LogP contribution in [0.25, 0.3) is 0 Å². The molecular weight excluding hydrogens is 737 g/mol. The molecule has 2 heterocycles. The van der Waals surface area contributed by atoms with E-state index in [1.54, 1.807) is 0 Å². The molecule has 59 heavy (non-hydrogen) atoms.